The number of hydrogen-bond acceptors (Lipinski definition) is 3. The minimum absolute atomic E-state index is 0.236. The van der Waals surface area contributed by atoms with Crippen molar-refractivity contribution >= 4 is 11.8 Å². The summed E-state index contributed by atoms with van der Waals surface area (Å²) in [5, 5.41) is 5.89. The Bertz CT molecular complexity index is 456. The number of halogens is 1. The van der Waals surface area contributed by atoms with Crippen LogP contribution in [0.4, 0.5) is 14.9 Å². The molecule has 1 aromatic carbocycles. The van der Waals surface area contributed by atoms with Crippen molar-refractivity contribution in [3.8, 4) is 0 Å². The first-order valence-corrected chi connectivity index (χ1v) is 6.75. The fraction of sp³-hybridized carbons (Fsp3) is 0.533. The molecule has 0 aliphatic heterocycles. The molecule has 0 spiro atoms. The molecule has 1 aromatic rings. The first-order valence-electron chi connectivity index (χ1n) is 6.75. The number of aryl methyl sites for hydroxylation is 1. The minimum Gasteiger partial charge on any atom is -0.444 e. The van der Waals surface area contributed by atoms with Crippen molar-refractivity contribution in [3.05, 3.63) is 29.6 Å². The maximum Gasteiger partial charge on any atom is 0.407 e. The number of carbonyl (C=O) groups is 1. The number of alkyl carbamates (subject to hydrolysis) is 1. The molecule has 2 N–H and O–H groups in total. The molecule has 0 radical (unpaired) electrons. The van der Waals surface area contributed by atoms with Crippen molar-refractivity contribution in [3.63, 3.8) is 0 Å². The number of ether oxygens (including phenoxy) is 1. The third kappa shape index (κ3) is 6.41. The number of benzene rings is 1. The largest absolute Gasteiger partial charge is 0.444 e. The van der Waals surface area contributed by atoms with Crippen LogP contribution < -0.4 is 10.6 Å². The van der Waals surface area contributed by atoms with E-state index in [-0.39, 0.29) is 5.82 Å². The van der Waals surface area contributed by atoms with Crippen LogP contribution in [0.25, 0.3) is 0 Å². The van der Waals surface area contributed by atoms with Crippen molar-refractivity contribution in [1.82, 2.24) is 5.32 Å². The molecule has 0 saturated carbocycles. The van der Waals surface area contributed by atoms with Gasteiger partial charge in [0.25, 0.3) is 0 Å². The van der Waals surface area contributed by atoms with Crippen molar-refractivity contribution in [2.24, 2.45) is 0 Å². The number of rotatable bonds is 5. The minimum atomic E-state index is -0.479. The van der Waals surface area contributed by atoms with E-state index in [9.17, 15) is 9.18 Å². The highest BCUT2D eigenvalue weighted by Crippen LogP contribution is 2.15. The van der Waals surface area contributed by atoms with Gasteiger partial charge in [0.15, 0.2) is 0 Å². The monoisotopic (exact) mass is 282 g/mol. The highest BCUT2D eigenvalue weighted by Gasteiger charge is 2.15. The van der Waals surface area contributed by atoms with Gasteiger partial charge in [-0.2, -0.15) is 0 Å². The molecule has 5 heteroatoms. The predicted molar refractivity (Wildman–Crippen MR) is 78.5 cm³/mol. The summed E-state index contributed by atoms with van der Waals surface area (Å²) in [6, 6.07) is 4.63. The first-order chi connectivity index (χ1) is 9.28. The number of carbonyl (C=O) groups excluding carboxylic acids is 1. The normalized spacial score (nSPS) is 11.1. The molecule has 1 amide bonds. The lowest BCUT2D eigenvalue weighted by atomic mass is 10.2. The van der Waals surface area contributed by atoms with E-state index in [1.54, 1.807) is 6.07 Å². The predicted octanol–water partition coefficient (Wildman–Crippen LogP) is 3.46. The van der Waals surface area contributed by atoms with Gasteiger partial charge in [0, 0.05) is 18.8 Å². The summed E-state index contributed by atoms with van der Waals surface area (Å²) in [4.78, 5) is 11.4. The van der Waals surface area contributed by atoms with E-state index < -0.39 is 11.7 Å². The Balaban J connectivity index is 2.21. The molecule has 0 bridgehead atoms. The zero-order valence-corrected chi connectivity index (χ0v) is 12.5. The van der Waals surface area contributed by atoms with Crippen LogP contribution in [-0.2, 0) is 4.74 Å². The topological polar surface area (TPSA) is 50.4 Å². The van der Waals surface area contributed by atoms with Crippen LogP contribution in [0.1, 0.15) is 32.8 Å². The molecule has 0 saturated heterocycles. The highest BCUT2D eigenvalue weighted by molar-refractivity contribution is 5.67. The van der Waals surface area contributed by atoms with Crippen LogP contribution in [0.5, 0.6) is 0 Å². The van der Waals surface area contributed by atoms with Crippen LogP contribution >= 0.6 is 0 Å². The molecule has 112 valence electrons. The van der Waals surface area contributed by atoms with Gasteiger partial charge in [-0.15, -0.1) is 0 Å². The lowest BCUT2D eigenvalue weighted by Gasteiger charge is -2.19. The van der Waals surface area contributed by atoms with Crippen molar-refractivity contribution < 1.29 is 13.9 Å². The summed E-state index contributed by atoms with van der Waals surface area (Å²) >= 11 is 0. The Hall–Kier alpha value is -1.78. The van der Waals surface area contributed by atoms with E-state index in [0.29, 0.717) is 13.1 Å². The van der Waals surface area contributed by atoms with E-state index in [1.807, 2.05) is 27.7 Å². The second-order valence-corrected chi connectivity index (χ2v) is 5.67. The van der Waals surface area contributed by atoms with Crippen molar-refractivity contribution in [2.75, 3.05) is 18.4 Å². The van der Waals surface area contributed by atoms with Gasteiger partial charge in [0.2, 0.25) is 0 Å². The van der Waals surface area contributed by atoms with Crippen LogP contribution in [0.3, 0.4) is 0 Å². The smallest absolute Gasteiger partial charge is 0.407 e. The van der Waals surface area contributed by atoms with E-state index in [4.69, 9.17) is 4.74 Å². The lowest BCUT2D eigenvalue weighted by molar-refractivity contribution is 0.0528. The average molecular weight is 282 g/mol. The second-order valence-electron chi connectivity index (χ2n) is 5.67. The summed E-state index contributed by atoms with van der Waals surface area (Å²) in [7, 11) is 0. The zero-order chi connectivity index (χ0) is 15.2. The Kier molecular flexibility index (Phi) is 5.80. The van der Waals surface area contributed by atoms with Crippen LogP contribution in [-0.4, -0.2) is 24.8 Å². The van der Waals surface area contributed by atoms with Gasteiger partial charge in [0.1, 0.15) is 11.4 Å². The lowest BCUT2D eigenvalue weighted by Crippen LogP contribution is -2.33. The quantitative estimate of drug-likeness (QED) is 0.813. The Labute approximate surface area is 119 Å². The number of hydrogen-bond donors (Lipinski definition) is 2. The van der Waals surface area contributed by atoms with E-state index in [0.717, 1.165) is 17.7 Å². The highest BCUT2D eigenvalue weighted by atomic mass is 19.1. The second kappa shape index (κ2) is 7.12. The molecule has 0 aromatic heterocycles. The zero-order valence-electron chi connectivity index (χ0n) is 12.5. The molecular formula is C15H23FN2O2. The Morgan fingerprint density at radius 1 is 1.30 bits per heavy atom. The summed E-state index contributed by atoms with van der Waals surface area (Å²) < 4.78 is 18.0. The van der Waals surface area contributed by atoms with Crippen LogP contribution in [0.15, 0.2) is 18.2 Å². The van der Waals surface area contributed by atoms with Crippen molar-refractivity contribution in [2.45, 2.75) is 39.7 Å². The number of amides is 1. The fourth-order valence-electron chi connectivity index (χ4n) is 1.64. The Morgan fingerprint density at radius 2 is 2.00 bits per heavy atom. The first kappa shape index (κ1) is 16.3. The van der Waals surface area contributed by atoms with Gasteiger partial charge in [-0.25, -0.2) is 9.18 Å². The molecule has 0 aliphatic carbocycles. The van der Waals surface area contributed by atoms with Crippen molar-refractivity contribution in [1.29, 1.82) is 0 Å². The third-order valence-electron chi connectivity index (χ3n) is 2.53. The fourth-order valence-corrected chi connectivity index (χ4v) is 1.64. The average Bonchev–Trinajstić information content (AvgIpc) is 2.28. The Morgan fingerprint density at radius 3 is 2.60 bits per heavy atom. The molecular weight excluding hydrogens is 259 g/mol. The molecule has 1 rings (SSSR count). The van der Waals surface area contributed by atoms with E-state index in [1.165, 1.54) is 12.1 Å². The van der Waals surface area contributed by atoms with Crippen LogP contribution in [0, 0.1) is 12.7 Å². The van der Waals surface area contributed by atoms with Crippen LogP contribution in [0.2, 0.25) is 0 Å². The maximum absolute atomic E-state index is 12.9. The summed E-state index contributed by atoms with van der Waals surface area (Å²) in [6.45, 7) is 8.55. The standard InChI is InChI=1S/C15H23FN2O2/c1-11-10-12(16)6-7-13(11)17-8-5-9-18-14(19)20-15(2,3)4/h6-7,10,17H,5,8-9H2,1-4H3,(H,18,19). The third-order valence-corrected chi connectivity index (χ3v) is 2.53. The van der Waals surface area contributed by atoms with Gasteiger partial charge in [-0.05, 0) is 57.9 Å². The SMILES string of the molecule is Cc1cc(F)ccc1NCCCNC(=O)OC(C)(C)C. The van der Waals surface area contributed by atoms with Gasteiger partial charge >= 0.3 is 6.09 Å². The maximum atomic E-state index is 12.9. The molecule has 4 nitrogen and oxygen atoms in total. The molecule has 0 atom stereocenters. The summed E-state index contributed by atoms with van der Waals surface area (Å²) in [6.07, 6.45) is 0.353. The van der Waals surface area contributed by atoms with Gasteiger partial charge in [0.05, 0.1) is 0 Å². The molecule has 0 aliphatic rings. The molecule has 0 fully saturated rings. The summed E-state index contributed by atoms with van der Waals surface area (Å²) in [5.74, 6) is -0.236. The van der Waals surface area contributed by atoms with Gasteiger partial charge in [-0.1, -0.05) is 0 Å². The van der Waals surface area contributed by atoms with E-state index in [2.05, 4.69) is 10.6 Å². The summed E-state index contributed by atoms with van der Waals surface area (Å²) in [5.41, 5.74) is 1.29. The van der Waals surface area contributed by atoms with Gasteiger partial charge < -0.3 is 15.4 Å². The van der Waals surface area contributed by atoms with Gasteiger partial charge in [-0.3, -0.25) is 0 Å². The number of anilines is 1. The molecule has 20 heavy (non-hydrogen) atoms. The number of nitrogens with one attached hydrogen (secondary N) is 2. The van der Waals surface area contributed by atoms with E-state index >= 15 is 0 Å². The molecule has 0 heterocycles. The molecule has 0 unspecified atom stereocenters.